The molecule has 19 heavy (non-hydrogen) atoms. The third-order valence-electron chi connectivity index (χ3n) is 3.21. The Morgan fingerprint density at radius 3 is 2.42 bits per heavy atom. The third-order valence-corrected chi connectivity index (χ3v) is 3.82. The van der Waals surface area contributed by atoms with Crippen molar-refractivity contribution in [2.45, 2.75) is 31.6 Å². The van der Waals surface area contributed by atoms with Gasteiger partial charge in [0, 0.05) is 10.4 Å². The maximum absolute atomic E-state index is 6.41. The molecule has 0 saturated heterocycles. The average Bonchev–Trinajstić information content (AvgIpc) is 2.38. The summed E-state index contributed by atoms with van der Waals surface area (Å²) in [6.45, 7) is 2.10. The number of aryl methyl sites for hydroxylation is 2. The van der Waals surface area contributed by atoms with Gasteiger partial charge in [0.05, 0.1) is 0 Å². The Morgan fingerprint density at radius 1 is 1.00 bits per heavy atom. The largest absolute Gasteiger partial charge is 0.123 e. The van der Waals surface area contributed by atoms with Crippen LogP contribution in [0.3, 0.4) is 0 Å². The highest BCUT2D eigenvalue weighted by atomic mass is 35.5. The molecule has 2 aromatic carbocycles. The lowest BCUT2D eigenvalue weighted by molar-refractivity contribution is 0.743. The molecule has 0 aromatic heterocycles. The maximum atomic E-state index is 6.41. The highest BCUT2D eigenvalue weighted by Crippen LogP contribution is 2.17. The van der Waals surface area contributed by atoms with Crippen molar-refractivity contribution in [3.8, 4) is 0 Å². The molecular formula is C17H18Cl2. The Bertz CT molecular complexity index is 517. The van der Waals surface area contributed by atoms with E-state index in [1.807, 2.05) is 18.2 Å². The molecular weight excluding hydrogens is 275 g/mol. The van der Waals surface area contributed by atoms with Crippen LogP contribution in [-0.4, -0.2) is 5.38 Å². The zero-order valence-corrected chi connectivity index (χ0v) is 12.6. The van der Waals surface area contributed by atoms with Crippen molar-refractivity contribution in [2.24, 2.45) is 0 Å². The summed E-state index contributed by atoms with van der Waals surface area (Å²) in [6, 6.07) is 16.6. The molecule has 0 aliphatic rings. The van der Waals surface area contributed by atoms with E-state index in [4.69, 9.17) is 23.2 Å². The molecule has 1 unspecified atom stereocenters. The molecule has 0 aliphatic carbocycles. The lowest BCUT2D eigenvalue weighted by Crippen LogP contribution is -2.05. The molecule has 0 saturated carbocycles. The predicted molar refractivity (Wildman–Crippen MR) is 84.3 cm³/mol. The molecule has 0 fully saturated rings. The van der Waals surface area contributed by atoms with Crippen LogP contribution in [0.2, 0.25) is 5.02 Å². The Labute approximate surface area is 125 Å². The molecule has 2 aromatic rings. The van der Waals surface area contributed by atoms with E-state index in [0.29, 0.717) is 0 Å². The first kappa shape index (κ1) is 14.4. The molecule has 0 spiro atoms. The fourth-order valence-corrected chi connectivity index (χ4v) is 2.60. The van der Waals surface area contributed by atoms with Crippen LogP contribution in [0.4, 0.5) is 0 Å². The monoisotopic (exact) mass is 292 g/mol. The van der Waals surface area contributed by atoms with Crippen molar-refractivity contribution in [2.75, 3.05) is 0 Å². The Balaban J connectivity index is 1.84. The van der Waals surface area contributed by atoms with E-state index >= 15 is 0 Å². The van der Waals surface area contributed by atoms with Crippen molar-refractivity contribution in [1.29, 1.82) is 0 Å². The van der Waals surface area contributed by atoms with Crippen LogP contribution in [0.15, 0.2) is 48.5 Å². The first-order chi connectivity index (χ1) is 9.13. The quantitative estimate of drug-likeness (QED) is 0.645. The molecule has 2 heteroatoms. The second kappa shape index (κ2) is 6.98. The van der Waals surface area contributed by atoms with Crippen molar-refractivity contribution in [3.63, 3.8) is 0 Å². The summed E-state index contributed by atoms with van der Waals surface area (Å²) in [5.74, 6) is 0. The number of hydrogen-bond donors (Lipinski definition) is 0. The van der Waals surface area contributed by atoms with Crippen LogP contribution in [0.25, 0.3) is 0 Å². The zero-order valence-electron chi connectivity index (χ0n) is 11.1. The zero-order chi connectivity index (χ0) is 13.7. The summed E-state index contributed by atoms with van der Waals surface area (Å²) < 4.78 is 0. The van der Waals surface area contributed by atoms with Crippen molar-refractivity contribution >= 4 is 23.2 Å². The first-order valence-electron chi connectivity index (χ1n) is 6.57. The van der Waals surface area contributed by atoms with Gasteiger partial charge in [0.25, 0.3) is 0 Å². The van der Waals surface area contributed by atoms with Gasteiger partial charge < -0.3 is 0 Å². The number of benzene rings is 2. The molecule has 0 heterocycles. The van der Waals surface area contributed by atoms with Gasteiger partial charge in [-0.25, -0.2) is 0 Å². The standard InChI is InChI=1S/C17H18Cl2/c1-13-5-7-14(8-6-13)9-10-17(19)12-15-3-2-4-16(18)11-15/h2-8,11,17H,9-10,12H2,1H3. The summed E-state index contributed by atoms with van der Waals surface area (Å²) in [6.07, 6.45) is 2.88. The molecule has 100 valence electrons. The van der Waals surface area contributed by atoms with E-state index in [-0.39, 0.29) is 5.38 Å². The fourth-order valence-electron chi connectivity index (χ4n) is 2.10. The van der Waals surface area contributed by atoms with E-state index in [2.05, 4.69) is 37.3 Å². The second-order valence-electron chi connectivity index (χ2n) is 4.96. The van der Waals surface area contributed by atoms with E-state index in [1.165, 1.54) is 16.7 Å². The molecule has 0 radical (unpaired) electrons. The summed E-state index contributed by atoms with van der Waals surface area (Å²) in [5.41, 5.74) is 3.85. The summed E-state index contributed by atoms with van der Waals surface area (Å²) >= 11 is 12.4. The number of hydrogen-bond acceptors (Lipinski definition) is 0. The van der Waals surface area contributed by atoms with Crippen molar-refractivity contribution < 1.29 is 0 Å². The second-order valence-corrected chi connectivity index (χ2v) is 6.01. The van der Waals surface area contributed by atoms with Gasteiger partial charge in [-0.3, -0.25) is 0 Å². The molecule has 0 N–H and O–H groups in total. The van der Waals surface area contributed by atoms with Crippen molar-refractivity contribution in [1.82, 2.24) is 0 Å². The maximum Gasteiger partial charge on any atom is 0.0408 e. The van der Waals surface area contributed by atoms with Crippen LogP contribution in [0.5, 0.6) is 0 Å². The van der Waals surface area contributed by atoms with Crippen molar-refractivity contribution in [3.05, 3.63) is 70.2 Å². The highest BCUT2D eigenvalue weighted by Gasteiger charge is 2.07. The van der Waals surface area contributed by atoms with E-state index in [9.17, 15) is 0 Å². The summed E-state index contributed by atoms with van der Waals surface area (Å²) in [5, 5.41) is 0.930. The van der Waals surface area contributed by atoms with Crippen LogP contribution < -0.4 is 0 Å². The molecule has 0 bridgehead atoms. The van der Waals surface area contributed by atoms with E-state index < -0.39 is 0 Å². The van der Waals surface area contributed by atoms with Crippen LogP contribution in [0.1, 0.15) is 23.1 Å². The number of rotatable bonds is 5. The van der Waals surface area contributed by atoms with Crippen LogP contribution in [0, 0.1) is 6.92 Å². The lowest BCUT2D eigenvalue weighted by Gasteiger charge is -2.10. The summed E-state index contributed by atoms with van der Waals surface area (Å²) in [4.78, 5) is 0. The van der Waals surface area contributed by atoms with Gasteiger partial charge in [-0.05, 0) is 49.4 Å². The first-order valence-corrected chi connectivity index (χ1v) is 7.39. The van der Waals surface area contributed by atoms with Gasteiger partial charge in [0.2, 0.25) is 0 Å². The van der Waals surface area contributed by atoms with Gasteiger partial charge >= 0.3 is 0 Å². The highest BCUT2D eigenvalue weighted by molar-refractivity contribution is 6.30. The topological polar surface area (TPSA) is 0 Å². The minimum absolute atomic E-state index is 0.153. The smallest absolute Gasteiger partial charge is 0.0408 e. The van der Waals surface area contributed by atoms with Gasteiger partial charge in [0.15, 0.2) is 0 Å². The lowest BCUT2D eigenvalue weighted by atomic mass is 10.0. The van der Waals surface area contributed by atoms with Gasteiger partial charge in [-0.1, -0.05) is 53.6 Å². The fraction of sp³-hybridized carbons (Fsp3) is 0.294. The summed E-state index contributed by atoms with van der Waals surface area (Å²) in [7, 11) is 0. The Kier molecular flexibility index (Phi) is 5.30. The average molecular weight is 293 g/mol. The van der Waals surface area contributed by atoms with Crippen LogP contribution in [-0.2, 0) is 12.8 Å². The number of halogens is 2. The minimum atomic E-state index is 0.153. The number of alkyl halides is 1. The molecule has 2 rings (SSSR count). The SMILES string of the molecule is Cc1ccc(CCC(Cl)Cc2cccc(Cl)c2)cc1. The minimum Gasteiger partial charge on any atom is -0.123 e. The van der Waals surface area contributed by atoms with Gasteiger partial charge in [-0.2, -0.15) is 0 Å². The molecule has 1 atom stereocenters. The molecule has 0 amide bonds. The Hall–Kier alpha value is -0.980. The predicted octanol–water partition coefficient (Wildman–Crippen LogP) is 5.43. The van der Waals surface area contributed by atoms with E-state index in [1.54, 1.807) is 0 Å². The van der Waals surface area contributed by atoms with Gasteiger partial charge in [-0.15, -0.1) is 11.6 Å². The Morgan fingerprint density at radius 2 is 1.74 bits per heavy atom. The molecule has 0 aliphatic heterocycles. The molecule has 0 nitrogen and oxygen atoms in total. The normalized spacial score (nSPS) is 12.4. The van der Waals surface area contributed by atoms with Gasteiger partial charge in [0.1, 0.15) is 0 Å². The van der Waals surface area contributed by atoms with Crippen LogP contribution >= 0.6 is 23.2 Å². The van der Waals surface area contributed by atoms with E-state index in [0.717, 1.165) is 24.3 Å². The third kappa shape index (κ3) is 4.89.